The summed E-state index contributed by atoms with van der Waals surface area (Å²) in [5.74, 6) is 0.197. The second kappa shape index (κ2) is 15.2. The summed E-state index contributed by atoms with van der Waals surface area (Å²) in [5, 5.41) is 2.57. The number of fused-ring (bicyclic) bond motifs is 4. The Hall–Kier alpha value is -7.68. The quantitative estimate of drug-likeness (QED) is 0.152. The maximum absolute atomic E-state index is 2.58. The molecule has 0 N–H and O–H groups in total. The molecule has 2 unspecified atom stereocenters. The Labute approximate surface area is 352 Å². The minimum Gasteiger partial charge on any atom is -0.333 e. The first-order chi connectivity index (χ1) is 29.8. The summed E-state index contributed by atoms with van der Waals surface area (Å²) in [6, 6.07) is 81.6. The average Bonchev–Trinajstić information content (AvgIpc) is 3.67. The van der Waals surface area contributed by atoms with Crippen molar-refractivity contribution >= 4 is 44.8 Å². The van der Waals surface area contributed by atoms with Crippen LogP contribution in [0.2, 0.25) is 0 Å². The zero-order valence-corrected chi connectivity index (χ0v) is 33.1. The van der Waals surface area contributed by atoms with Gasteiger partial charge in [0.05, 0.1) is 6.04 Å². The van der Waals surface area contributed by atoms with Crippen molar-refractivity contribution in [1.82, 2.24) is 0 Å². The van der Waals surface area contributed by atoms with Crippen LogP contribution in [0, 0.1) is 0 Å². The van der Waals surface area contributed by atoms with Crippen LogP contribution in [0.1, 0.15) is 17.0 Å². The average molecular weight is 767 g/mol. The molecule has 2 aliphatic rings. The van der Waals surface area contributed by atoms with E-state index in [4.69, 9.17) is 0 Å². The molecule has 0 fully saturated rings. The zero-order valence-electron chi connectivity index (χ0n) is 33.1. The first-order valence-corrected chi connectivity index (χ1v) is 20.8. The van der Waals surface area contributed by atoms with E-state index in [-0.39, 0.29) is 12.0 Å². The Morgan fingerprint density at radius 2 is 0.850 bits per heavy atom. The molecule has 1 aliphatic carbocycles. The molecule has 2 heteroatoms. The molecule has 0 saturated heterocycles. The summed E-state index contributed by atoms with van der Waals surface area (Å²) in [6.07, 6.45) is 7.00. The lowest BCUT2D eigenvalue weighted by Gasteiger charge is -2.33. The van der Waals surface area contributed by atoms with Crippen LogP contribution in [0.25, 0.3) is 49.7 Å². The van der Waals surface area contributed by atoms with Gasteiger partial charge in [0.15, 0.2) is 0 Å². The van der Waals surface area contributed by atoms with E-state index in [0.717, 1.165) is 17.1 Å². The van der Waals surface area contributed by atoms with Crippen LogP contribution in [0.4, 0.5) is 28.4 Å². The monoisotopic (exact) mass is 766 g/mol. The predicted octanol–water partition coefficient (Wildman–Crippen LogP) is 15.6. The van der Waals surface area contributed by atoms with Crippen molar-refractivity contribution in [3.05, 3.63) is 254 Å². The third-order valence-electron chi connectivity index (χ3n) is 12.3. The molecule has 60 heavy (non-hydrogen) atoms. The van der Waals surface area contributed by atoms with Gasteiger partial charge in [0.25, 0.3) is 0 Å². The molecule has 9 aromatic rings. The molecule has 2 nitrogen and oxygen atoms in total. The molecule has 2 atom stereocenters. The van der Waals surface area contributed by atoms with Crippen molar-refractivity contribution in [3.63, 3.8) is 0 Å². The van der Waals surface area contributed by atoms with Crippen LogP contribution in [-0.2, 0) is 0 Å². The van der Waals surface area contributed by atoms with Gasteiger partial charge in [-0.1, -0.05) is 194 Å². The van der Waals surface area contributed by atoms with E-state index in [1.807, 2.05) is 0 Å². The fourth-order valence-corrected chi connectivity index (χ4v) is 9.45. The molecule has 0 spiro atoms. The summed E-state index contributed by atoms with van der Waals surface area (Å²) in [7, 11) is 0. The van der Waals surface area contributed by atoms with Crippen LogP contribution >= 0.6 is 0 Å². The molecular weight excluding hydrogens is 725 g/mol. The number of nitrogens with zero attached hydrogens (tertiary/aromatic N) is 2. The third kappa shape index (κ3) is 6.31. The Bertz CT molecular complexity index is 2930. The minimum atomic E-state index is 0.134. The topological polar surface area (TPSA) is 6.48 Å². The number of anilines is 5. The third-order valence-corrected chi connectivity index (χ3v) is 12.3. The summed E-state index contributed by atoms with van der Waals surface area (Å²) in [5.41, 5.74) is 17.0. The van der Waals surface area contributed by atoms with E-state index < -0.39 is 0 Å². The van der Waals surface area contributed by atoms with Crippen molar-refractivity contribution in [1.29, 1.82) is 0 Å². The minimum absolute atomic E-state index is 0.134. The van der Waals surface area contributed by atoms with Crippen LogP contribution in [0.15, 0.2) is 243 Å². The predicted molar refractivity (Wildman–Crippen MR) is 254 cm³/mol. The summed E-state index contributed by atoms with van der Waals surface area (Å²) in [4.78, 5) is 4.93. The van der Waals surface area contributed by atoms with Crippen molar-refractivity contribution < 1.29 is 0 Å². The van der Waals surface area contributed by atoms with Crippen LogP contribution in [0.3, 0.4) is 0 Å². The van der Waals surface area contributed by atoms with E-state index >= 15 is 0 Å². The highest BCUT2D eigenvalue weighted by molar-refractivity contribution is 5.98. The fraction of sp³-hybridized carbons (Fsp3) is 0.0345. The molecule has 0 saturated carbocycles. The zero-order chi connectivity index (χ0) is 39.8. The van der Waals surface area contributed by atoms with Gasteiger partial charge in [-0.3, -0.25) is 0 Å². The van der Waals surface area contributed by atoms with Crippen molar-refractivity contribution in [2.75, 3.05) is 9.80 Å². The molecule has 0 bridgehead atoms. The summed E-state index contributed by atoms with van der Waals surface area (Å²) in [6.45, 7) is 0. The maximum atomic E-state index is 2.58. The highest BCUT2D eigenvalue weighted by Gasteiger charge is 2.42. The molecule has 1 aliphatic heterocycles. The fourth-order valence-electron chi connectivity index (χ4n) is 9.45. The highest BCUT2D eigenvalue weighted by atomic mass is 15.2. The standard InChI is InChI=1S/C58H42N2/c1-3-15-41(16-4-1)43-29-35-47(36-30-43)59(48-37-31-44(32-38-48)42-17-5-2-6-18-42)49-39-33-46(34-40-49)51-22-9-11-26-55(51)60-56-27-12-10-23-54(56)58-53(25-14-28-57(58)60)52-24-13-20-45-19-7-8-21-50(45)52/h1-40,57-58H. The van der Waals surface area contributed by atoms with Gasteiger partial charge in [-0.2, -0.15) is 0 Å². The first kappa shape index (κ1) is 35.5. The van der Waals surface area contributed by atoms with Gasteiger partial charge in [-0.05, 0) is 104 Å². The van der Waals surface area contributed by atoms with E-state index in [1.165, 1.54) is 72.2 Å². The highest BCUT2D eigenvalue weighted by Crippen LogP contribution is 2.54. The lowest BCUT2D eigenvalue weighted by atomic mass is 9.79. The van der Waals surface area contributed by atoms with Crippen molar-refractivity contribution in [2.24, 2.45) is 0 Å². The van der Waals surface area contributed by atoms with E-state index in [1.54, 1.807) is 0 Å². The SMILES string of the molecule is C1=CC2C(C(c3cccc4ccccc34)=C1)c1ccccc1N2c1ccccc1-c1ccc(N(c2ccc(-c3ccccc3)cc2)c2ccc(-c3ccccc3)cc2)cc1. The number of para-hydroxylation sites is 2. The molecule has 9 aromatic carbocycles. The molecule has 0 aromatic heterocycles. The Morgan fingerprint density at radius 3 is 1.50 bits per heavy atom. The van der Waals surface area contributed by atoms with Gasteiger partial charge >= 0.3 is 0 Å². The number of hydrogen-bond acceptors (Lipinski definition) is 2. The van der Waals surface area contributed by atoms with Gasteiger partial charge in [-0.15, -0.1) is 0 Å². The van der Waals surface area contributed by atoms with Gasteiger partial charge in [0, 0.05) is 39.9 Å². The van der Waals surface area contributed by atoms with Gasteiger partial charge in [0.1, 0.15) is 0 Å². The van der Waals surface area contributed by atoms with Crippen molar-refractivity contribution in [2.45, 2.75) is 12.0 Å². The second-order valence-electron chi connectivity index (χ2n) is 15.7. The summed E-state index contributed by atoms with van der Waals surface area (Å²) >= 11 is 0. The maximum Gasteiger partial charge on any atom is 0.0635 e. The van der Waals surface area contributed by atoms with E-state index in [2.05, 4.69) is 252 Å². The number of benzene rings is 9. The van der Waals surface area contributed by atoms with Gasteiger partial charge < -0.3 is 9.80 Å². The molecular formula is C58H42N2. The van der Waals surface area contributed by atoms with Crippen LogP contribution < -0.4 is 9.80 Å². The number of rotatable bonds is 8. The van der Waals surface area contributed by atoms with Crippen molar-refractivity contribution in [3.8, 4) is 33.4 Å². The van der Waals surface area contributed by atoms with Gasteiger partial charge in [0.2, 0.25) is 0 Å². The molecule has 0 amide bonds. The molecule has 11 rings (SSSR count). The smallest absolute Gasteiger partial charge is 0.0635 e. The Kier molecular flexibility index (Phi) is 9.02. The molecule has 1 heterocycles. The lowest BCUT2D eigenvalue weighted by Crippen LogP contribution is -2.30. The van der Waals surface area contributed by atoms with Crippen LogP contribution in [-0.4, -0.2) is 6.04 Å². The Morgan fingerprint density at radius 1 is 0.367 bits per heavy atom. The lowest BCUT2D eigenvalue weighted by molar-refractivity contribution is 0.760. The normalized spacial score (nSPS) is 15.3. The van der Waals surface area contributed by atoms with E-state index in [0.29, 0.717) is 0 Å². The Balaban J connectivity index is 0.966. The van der Waals surface area contributed by atoms with Crippen LogP contribution in [0.5, 0.6) is 0 Å². The van der Waals surface area contributed by atoms with E-state index in [9.17, 15) is 0 Å². The second-order valence-corrected chi connectivity index (χ2v) is 15.7. The molecule has 0 radical (unpaired) electrons. The summed E-state index contributed by atoms with van der Waals surface area (Å²) < 4.78 is 0. The first-order valence-electron chi connectivity index (χ1n) is 20.8. The number of allylic oxidation sites excluding steroid dienone is 2. The largest absolute Gasteiger partial charge is 0.333 e. The molecule has 284 valence electrons. The number of hydrogen-bond donors (Lipinski definition) is 0. The van der Waals surface area contributed by atoms with Gasteiger partial charge in [-0.25, -0.2) is 0 Å².